The standard InChI is InChI=1S/C18H18O2Se/c1-13-3-7-15(8-4-13)17(19)11-21-12-18(20)16-9-5-14(2)6-10-16/h3-10H,11-12H2,1-2H3. The number of rotatable bonds is 6. The summed E-state index contributed by atoms with van der Waals surface area (Å²) in [4.78, 5) is 24.0. The van der Waals surface area contributed by atoms with E-state index in [-0.39, 0.29) is 26.5 Å². The Morgan fingerprint density at radius 3 is 1.38 bits per heavy atom. The van der Waals surface area contributed by atoms with Crippen molar-refractivity contribution in [3.63, 3.8) is 0 Å². The van der Waals surface area contributed by atoms with Crippen LogP contribution < -0.4 is 0 Å². The maximum atomic E-state index is 12.0. The summed E-state index contributed by atoms with van der Waals surface area (Å²) in [6.07, 6.45) is 0. The average molecular weight is 345 g/mol. The van der Waals surface area contributed by atoms with Gasteiger partial charge in [0.25, 0.3) is 0 Å². The van der Waals surface area contributed by atoms with E-state index in [1.54, 1.807) is 0 Å². The number of benzene rings is 2. The molecule has 0 aliphatic rings. The Balaban J connectivity index is 1.83. The molecular formula is C18H18O2Se. The number of carbonyl (C=O) groups is 2. The number of hydrogen-bond acceptors (Lipinski definition) is 2. The summed E-state index contributed by atoms with van der Waals surface area (Å²) in [6.45, 7) is 4.00. The molecule has 21 heavy (non-hydrogen) atoms. The predicted molar refractivity (Wildman–Crippen MR) is 86.4 cm³/mol. The molecule has 0 fully saturated rings. The summed E-state index contributed by atoms with van der Waals surface area (Å²) in [5.74, 6) is 0.262. The van der Waals surface area contributed by atoms with E-state index in [0.717, 1.165) is 22.3 Å². The molecule has 0 spiro atoms. The summed E-state index contributed by atoms with van der Waals surface area (Å²) in [7, 11) is 0. The predicted octanol–water partition coefficient (Wildman–Crippen LogP) is 3.91. The molecular weight excluding hydrogens is 327 g/mol. The van der Waals surface area contributed by atoms with Crippen molar-refractivity contribution in [2.45, 2.75) is 24.5 Å². The Labute approximate surface area is 131 Å². The summed E-state index contributed by atoms with van der Waals surface area (Å²) in [5.41, 5.74) is 3.77. The third-order valence-corrected chi connectivity index (χ3v) is 5.17. The molecule has 0 aromatic heterocycles. The van der Waals surface area contributed by atoms with Crippen LogP contribution in [0.4, 0.5) is 0 Å². The molecule has 3 heteroatoms. The summed E-state index contributed by atoms with van der Waals surface area (Å²) in [5, 5.41) is 0.960. The van der Waals surface area contributed by atoms with Crippen molar-refractivity contribution < 1.29 is 9.59 Å². The van der Waals surface area contributed by atoms with E-state index in [4.69, 9.17) is 0 Å². The summed E-state index contributed by atoms with van der Waals surface area (Å²) < 4.78 is 0. The second kappa shape index (κ2) is 7.35. The van der Waals surface area contributed by atoms with Gasteiger partial charge in [0.15, 0.2) is 0 Å². The summed E-state index contributed by atoms with van der Waals surface area (Å²) >= 11 is 0.0178. The van der Waals surface area contributed by atoms with E-state index < -0.39 is 0 Å². The van der Waals surface area contributed by atoms with E-state index in [1.807, 2.05) is 62.4 Å². The third-order valence-electron chi connectivity index (χ3n) is 3.21. The Bertz CT molecular complexity index is 570. The average Bonchev–Trinajstić information content (AvgIpc) is 2.48. The first-order valence-electron chi connectivity index (χ1n) is 6.84. The van der Waals surface area contributed by atoms with E-state index in [0.29, 0.717) is 10.6 Å². The molecule has 2 aromatic carbocycles. The van der Waals surface area contributed by atoms with Crippen LogP contribution in [-0.2, 0) is 0 Å². The Kier molecular flexibility index (Phi) is 5.49. The summed E-state index contributed by atoms with van der Waals surface area (Å²) in [6, 6.07) is 15.2. The monoisotopic (exact) mass is 346 g/mol. The molecule has 2 rings (SSSR count). The van der Waals surface area contributed by atoms with E-state index in [2.05, 4.69) is 0 Å². The molecule has 0 amide bonds. The van der Waals surface area contributed by atoms with Gasteiger partial charge in [0, 0.05) is 0 Å². The van der Waals surface area contributed by atoms with E-state index >= 15 is 0 Å². The van der Waals surface area contributed by atoms with Gasteiger partial charge < -0.3 is 0 Å². The molecule has 0 saturated carbocycles. The van der Waals surface area contributed by atoms with E-state index in [1.165, 1.54) is 0 Å². The molecule has 0 bridgehead atoms. The van der Waals surface area contributed by atoms with Crippen LogP contribution in [0.25, 0.3) is 0 Å². The number of hydrogen-bond donors (Lipinski definition) is 0. The van der Waals surface area contributed by atoms with Crippen molar-refractivity contribution in [3.05, 3.63) is 70.8 Å². The number of carbonyl (C=O) groups excluding carboxylic acids is 2. The zero-order valence-electron chi connectivity index (χ0n) is 12.3. The van der Waals surface area contributed by atoms with Crippen LogP contribution in [0.15, 0.2) is 48.5 Å². The van der Waals surface area contributed by atoms with Crippen molar-refractivity contribution in [1.82, 2.24) is 0 Å². The van der Waals surface area contributed by atoms with Crippen LogP contribution in [0.5, 0.6) is 0 Å². The molecule has 0 aliphatic heterocycles. The van der Waals surface area contributed by atoms with Crippen molar-refractivity contribution in [1.29, 1.82) is 0 Å². The first-order chi connectivity index (χ1) is 10.1. The van der Waals surface area contributed by atoms with Crippen LogP contribution in [-0.4, -0.2) is 26.5 Å². The minimum atomic E-state index is 0.0178. The van der Waals surface area contributed by atoms with Gasteiger partial charge in [-0.3, -0.25) is 0 Å². The number of Topliss-reactive ketones (excluding diaryl/α,β-unsaturated/α-hetero) is 2. The third kappa shape index (κ3) is 4.66. The van der Waals surface area contributed by atoms with E-state index in [9.17, 15) is 9.59 Å². The van der Waals surface area contributed by atoms with Crippen molar-refractivity contribution >= 4 is 26.5 Å². The molecule has 0 atom stereocenters. The molecule has 0 heterocycles. The molecule has 0 unspecified atom stereocenters. The normalized spacial score (nSPS) is 10.4. The van der Waals surface area contributed by atoms with Gasteiger partial charge in [0.1, 0.15) is 0 Å². The fraction of sp³-hybridized carbons (Fsp3) is 0.222. The quantitative estimate of drug-likeness (QED) is 0.588. The topological polar surface area (TPSA) is 34.1 Å². The van der Waals surface area contributed by atoms with Gasteiger partial charge in [-0.2, -0.15) is 0 Å². The molecule has 0 N–H and O–H groups in total. The van der Waals surface area contributed by atoms with Crippen LogP contribution in [0.2, 0.25) is 10.6 Å². The Morgan fingerprint density at radius 2 is 1.05 bits per heavy atom. The van der Waals surface area contributed by atoms with Gasteiger partial charge in [-0.05, 0) is 0 Å². The van der Waals surface area contributed by atoms with Gasteiger partial charge in [0.05, 0.1) is 0 Å². The minimum absolute atomic E-state index is 0.0178. The molecule has 0 radical (unpaired) electrons. The Morgan fingerprint density at radius 1 is 0.714 bits per heavy atom. The van der Waals surface area contributed by atoms with Gasteiger partial charge in [0.2, 0.25) is 0 Å². The fourth-order valence-electron chi connectivity index (χ4n) is 1.88. The van der Waals surface area contributed by atoms with Gasteiger partial charge in [-0.25, -0.2) is 0 Å². The molecule has 0 aliphatic carbocycles. The number of ketones is 2. The SMILES string of the molecule is Cc1ccc(C(=O)C[Se]CC(=O)c2ccc(C)cc2)cc1. The van der Waals surface area contributed by atoms with Gasteiger partial charge in [-0.1, -0.05) is 0 Å². The van der Waals surface area contributed by atoms with Crippen LogP contribution in [0.1, 0.15) is 31.8 Å². The zero-order valence-corrected chi connectivity index (χ0v) is 14.0. The molecule has 0 saturated heterocycles. The van der Waals surface area contributed by atoms with Crippen LogP contribution >= 0.6 is 0 Å². The van der Waals surface area contributed by atoms with Gasteiger partial charge >= 0.3 is 131 Å². The maximum absolute atomic E-state index is 12.0. The van der Waals surface area contributed by atoms with Crippen molar-refractivity contribution in [3.8, 4) is 0 Å². The molecule has 2 aromatic rings. The second-order valence-electron chi connectivity index (χ2n) is 5.07. The van der Waals surface area contributed by atoms with Crippen LogP contribution in [0, 0.1) is 13.8 Å². The first kappa shape index (κ1) is 15.7. The van der Waals surface area contributed by atoms with Crippen LogP contribution in [0.3, 0.4) is 0 Å². The Hall–Kier alpha value is -1.70. The fourth-order valence-corrected chi connectivity index (χ4v) is 3.57. The molecule has 108 valence electrons. The van der Waals surface area contributed by atoms with Crippen molar-refractivity contribution in [2.75, 3.05) is 0 Å². The van der Waals surface area contributed by atoms with Crippen molar-refractivity contribution in [2.24, 2.45) is 0 Å². The van der Waals surface area contributed by atoms with Gasteiger partial charge in [-0.15, -0.1) is 0 Å². The zero-order chi connectivity index (χ0) is 15.2. The first-order valence-corrected chi connectivity index (χ1v) is 9.26. The molecule has 2 nitrogen and oxygen atoms in total. The second-order valence-corrected chi connectivity index (χ2v) is 7.14. The number of aryl methyl sites for hydroxylation is 2.